The van der Waals surface area contributed by atoms with E-state index in [4.69, 9.17) is 4.74 Å². The second-order valence-electron chi connectivity index (χ2n) is 3.88. The maximum atomic E-state index is 11.8. The van der Waals surface area contributed by atoms with Crippen molar-refractivity contribution in [3.05, 3.63) is 46.8 Å². The Kier molecular flexibility index (Phi) is 2.56. The monoisotopic (exact) mass is 304 g/mol. The molecule has 0 saturated heterocycles. The molecule has 0 aliphatic carbocycles. The number of carbonyl (C=O) groups is 1. The highest BCUT2D eigenvalue weighted by Crippen LogP contribution is 2.26. The molecular weight excluding hydrogens is 296 g/mol. The van der Waals surface area contributed by atoms with Gasteiger partial charge in [0.2, 0.25) is 0 Å². The van der Waals surface area contributed by atoms with Gasteiger partial charge in [-0.05, 0) is 18.2 Å². The number of esters is 1. The fourth-order valence-electron chi connectivity index (χ4n) is 2.04. The Morgan fingerprint density at radius 2 is 2.22 bits per heavy atom. The third kappa shape index (κ3) is 1.59. The zero-order chi connectivity index (χ0) is 12.7. The molecule has 0 amide bonds. The molecule has 1 aromatic carbocycles. The first-order valence-electron chi connectivity index (χ1n) is 5.34. The van der Waals surface area contributed by atoms with Gasteiger partial charge < -0.3 is 9.14 Å². The van der Waals surface area contributed by atoms with Gasteiger partial charge in [-0.2, -0.15) is 0 Å². The molecule has 0 radical (unpaired) electrons. The smallest absolute Gasteiger partial charge is 0.339 e. The van der Waals surface area contributed by atoms with Gasteiger partial charge in [-0.1, -0.05) is 15.9 Å². The largest absolute Gasteiger partial charge is 0.465 e. The van der Waals surface area contributed by atoms with Crippen molar-refractivity contribution < 1.29 is 9.53 Å². The van der Waals surface area contributed by atoms with Crippen LogP contribution in [0.4, 0.5) is 0 Å². The molecule has 0 spiro atoms. The lowest BCUT2D eigenvalue weighted by Crippen LogP contribution is -2.04. The summed E-state index contributed by atoms with van der Waals surface area (Å²) in [5, 5.41) is 1.75. The van der Waals surface area contributed by atoms with Crippen LogP contribution in [0.2, 0.25) is 0 Å². The number of carbonyl (C=O) groups excluding carboxylic acids is 1. The Morgan fingerprint density at radius 3 is 3.00 bits per heavy atom. The van der Waals surface area contributed by atoms with Crippen molar-refractivity contribution in [2.75, 3.05) is 7.11 Å². The highest BCUT2D eigenvalue weighted by molar-refractivity contribution is 9.10. The number of hydrogen-bond donors (Lipinski definition) is 0. The van der Waals surface area contributed by atoms with Crippen molar-refractivity contribution in [1.82, 2.24) is 9.38 Å². The first kappa shape index (κ1) is 11.2. The maximum Gasteiger partial charge on any atom is 0.339 e. The molecule has 3 rings (SSSR count). The molecule has 0 fully saturated rings. The number of ether oxygens (including phenoxy) is 1. The molecule has 3 aromatic rings. The summed E-state index contributed by atoms with van der Waals surface area (Å²) in [5.74, 6) is -0.353. The minimum Gasteiger partial charge on any atom is -0.465 e. The SMILES string of the molecule is COC(=O)c1cn2ccnc2c2ccc(Br)cc12. The fourth-order valence-corrected chi connectivity index (χ4v) is 2.40. The number of methoxy groups -OCH3 is 1. The summed E-state index contributed by atoms with van der Waals surface area (Å²) in [6.45, 7) is 0. The molecule has 0 aliphatic rings. The number of hydrogen-bond acceptors (Lipinski definition) is 3. The van der Waals surface area contributed by atoms with Gasteiger partial charge in [0.05, 0.1) is 12.7 Å². The van der Waals surface area contributed by atoms with E-state index in [-0.39, 0.29) is 5.97 Å². The molecule has 2 heterocycles. The topological polar surface area (TPSA) is 43.6 Å². The van der Waals surface area contributed by atoms with Crippen molar-refractivity contribution >= 4 is 38.3 Å². The predicted molar refractivity (Wildman–Crippen MR) is 71.7 cm³/mol. The number of aromatic nitrogens is 2. The first-order valence-corrected chi connectivity index (χ1v) is 6.13. The van der Waals surface area contributed by atoms with E-state index in [0.717, 1.165) is 20.9 Å². The molecule has 0 unspecified atom stereocenters. The van der Waals surface area contributed by atoms with E-state index in [1.807, 2.05) is 28.8 Å². The van der Waals surface area contributed by atoms with Crippen LogP contribution < -0.4 is 0 Å². The summed E-state index contributed by atoms with van der Waals surface area (Å²) in [6, 6.07) is 5.77. The first-order chi connectivity index (χ1) is 8.70. The standard InChI is InChI=1S/C13H9BrN2O2/c1-18-13(17)11-7-16-5-4-15-12(16)9-3-2-8(14)6-10(9)11/h2-7H,1H3. The Morgan fingerprint density at radius 1 is 1.39 bits per heavy atom. The van der Waals surface area contributed by atoms with Crippen molar-refractivity contribution in [1.29, 1.82) is 0 Å². The molecule has 0 aliphatic heterocycles. The van der Waals surface area contributed by atoms with Crippen LogP contribution >= 0.6 is 15.9 Å². The van der Waals surface area contributed by atoms with Crippen LogP contribution in [0.5, 0.6) is 0 Å². The average molecular weight is 305 g/mol. The quantitative estimate of drug-likeness (QED) is 0.649. The highest BCUT2D eigenvalue weighted by Gasteiger charge is 2.14. The summed E-state index contributed by atoms with van der Waals surface area (Å²) in [5.41, 5.74) is 1.35. The molecular formula is C13H9BrN2O2. The minimum atomic E-state index is -0.353. The van der Waals surface area contributed by atoms with E-state index in [2.05, 4.69) is 20.9 Å². The molecule has 5 heteroatoms. The summed E-state index contributed by atoms with van der Waals surface area (Å²) in [6.07, 6.45) is 5.25. The number of fused-ring (bicyclic) bond motifs is 3. The molecule has 4 nitrogen and oxygen atoms in total. The predicted octanol–water partition coefficient (Wildman–Crippen LogP) is 3.04. The maximum absolute atomic E-state index is 11.8. The average Bonchev–Trinajstić information content (AvgIpc) is 2.84. The van der Waals surface area contributed by atoms with E-state index in [1.54, 1.807) is 12.4 Å². The van der Waals surface area contributed by atoms with Crippen LogP contribution in [0.25, 0.3) is 16.4 Å². The van der Waals surface area contributed by atoms with Crippen LogP contribution in [-0.4, -0.2) is 22.5 Å². The lowest BCUT2D eigenvalue weighted by Gasteiger charge is -2.07. The summed E-state index contributed by atoms with van der Waals surface area (Å²) < 4.78 is 7.56. The summed E-state index contributed by atoms with van der Waals surface area (Å²) >= 11 is 3.41. The van der Waals surface area contributed by atoms with Gasteiger partial charge in [0.15, 0.2) is 0 Å². The molecule has 90 valence electrons. The van der Waals surface area contributed by atoms with E-state index in [9.17, 15) is 4.79 Å². The van der Waals surface area contributed by atoms with Gasteiger partial charge >= 0.3 is 5.97 Å². The normalized spacial score (nSPS) is 11.0. The van der Waals surface area contributed by atoms with Crippen LogP contribution in [0.3, 0.4) is 0 Å². The summed E-state index contributed by atoms with van der Waals surface area (Å²) in [7, 11) is 1.38. The van der Waals surface area contributed by atoms with E-state index < -0.39 is 0 Å². The number of nitrogens with zero attached hydrogens (tertiary/aromatic N) is 2. The molecule has 0 N–H and O–H groups in total. The molecule has 0 atom stereocenters. The second kappa shape index (κ2) is 4.10. The van der Waals surface area contributed by atoms with Crippen LogP contribution in [-0.2, 0) is 4.74 Å². The number of benzene rings is 1. The summed E-state index contributed by atoms with van der Waals surface area (Å²) in [4.78, 5) is 16.1. The number of halogens is 1. The zero-order valence-corrected chi connectivity index (χ0v) is 11.1. The van der Waals surface area contributed by atoms with Gasteiger partial charge in [0, 0.05) is 33.8 Å². The fraction of sp³-hybridized carbons (Fsp3) is 0.0769. The highest BCUT2D eigenvalue weighted by atomic mass is 79.9. The van der Waals surface area contributed by atoms with Crippen molar-refractivity contribution in [3.63, 3.8) is 0 Å². The van der Waals surface area contributed by atoms with Crippen molar-refractivity contribution in [2.24, 2.45) is 0 Å². The number of imidazole rings is 1. The molecule has 2 aromatic heterocycles. The van der Waals surface area contributed by atoms with E-state index in [0.29, 0.717) is 5.56 Å². The lowest BCUT2D eigenvalue weighted by molar-refractivity contribution is 0.0602. The van der Waals surface area contributed by atoms with Crippen LogP contribution in [0.15, 0.2) is 41.3 Å². The Hall–Kier alpha value is -1.88. The third-order valence-corrected chi connectivity index (χ3v) is 3.35. The molecule has 0 saturated carbocycles. The van der Waals surface area contributed by atoms with E-state index >= 15 is 0 Å². The number of rotatable bonds is 1. The minimum absolute atomic E-state index is 0.353. The Bertz CT molecular complexity index is 764. The van der Waals surface area contributed by atoms with Gasteiger partial charge in [0.25, 0.3) is 0 Å². The lowest BCUT2D eigenvalue weighted by atomic mass is 10.1. The van der Waals surface area contributed by atoms with Gasteiger partial charge in [0.1, 0.15) is 5.65 Å². The Balaban J connectivity index is 2.50. The van der Waals surface area contributed by atoms with Gasteiger partial charge in [-0.3, -0.25) is 0 Å². The third-order valence-electron chi connectivity index (χ3n) is 2.85. The van der Waals surface area contributed by atoms with Gasteiger partial charge in [-0.15, -0.1) is 0 Å². The van der Waals surface area contributed by atoms with E-state index in [1.165, 1.54) is 7.11 Å². The van der Waals surface area contributed by atoms with Gasteiger partial charge in [-0.25, -0.2) is 9.78 Å². The second-order valence-corrected chi connectivity index (χ2v) is 4.80. The number of pyridine rings is 1. The Labute approximate surface area is 111 Å². The van der Waals surface area contributed by atoms with Crippen molar-refractivity contribution in [2.45, 2.75) is 0 Å². The van der Waals surface area contributed by atoms with Crippen molar-refractivity contribution in [3.8, 4) is 0 Å². The zero-order valence-electron chi connectivity index (χ0n) is 9.55. The van der Waals surface area contributed by atoms with Crippen LogP contribution in [0.1, 0.15) is 10.4 Å². The molecule has 18 heavy (non-hydrogen) atoms. The molecule has 0 bridgehead atoms. The van der Waals surface area contributed by atoms with Crippen LogP contribution in [0, 0.1) is 0 Å².